The molecule has 2 aromatic heterocycles. The number of carbonyl (C=O) groups is 2. The number of benzene rings is 1. The summed E-state index contributed by atoms with van der Waals surface area (Å²) in [6.45, 7) is 2.03. The summed E-state index contributed by atoms with van der Waals surface area (Å²) in [5, 5.41) is 7.82. The van der Waals surface area contributed by atoms with Crippen molar-refractivity contribution in [2.45, 2.75) is 25.7 Å². The first-order chi connectivity index (χ1) is 15.4. The zero-order valence-electron chi connectivity index (χ0n) is 17.3. The fourth-order valence-corrected chi connectivity index (χ4v) is 4.05. The van der Waals surface area contributed by atoms with Gasteiger partial charge in [0.05, 0.1) is 17.1 Å². The summed E-state index contributed by atoms with van der Waals surface area (Å²) in [6.07, 6.45) is 4.39. The predicted octanol–water partition coefficient (Wildman–Crippen LogP) is 3.60. The Morgan fingerprint density at radius 3 is 2.72 bits per heavy atom. The van der Waals surface area contributed by atoms with Crippen LogP contribution in [0.2, 0.25) is 5.02 Å². The van der Waals surface area contributed by atoms with Crippen molar-refractivity contribution in [3.05, 3.63) is 53.3 Å². The molecule has 0 bridgehead atoms. The van der Waals surface area contributed by atoms with Crippen LogP contribution in [0, 0.1) is 5.82 Å². The summed E-state index contributed by atoms with van der Waals surface area (Å²) in [5.74, 6) is -1.13. The molecule has 3 aromatic rings. The number of hydrogen-bond acceptors (Lipinski definition) is 6. The van der Waals surface area contributed by atoms with Crippen LogP contribution < -0.4 is 0 Å². The minimum Gasteiger partial charge on any atom is -0.456 e. The van der Waals surface area contributed by atoms with Crippen molar-refractivity contribution in [2.24, 2.45) is 0 Å². The molecule has 166 valence electrons. The first-order valence-corrected chi connectivity index (χ1v) is 10.5. The molecule has 3 heterocycles. The number of carbonyl (C=O) groups excluding carboxylic acids is 2. The Kier molecular flexibility index (Phi) is 6.45. The summed E-state index contributed by atoms with van der Waals surface area (Å²) in [5.41, 5.74) is 2.96. The highest BCUT2D eigenvalue weighted by Gasteiger charge is 2.30. The molecule has 0 aliphatic carbocycles. The molecule has 4 rings (SSSR count). The van der Waals surface area contributed by atoms with Crippen LogP contribution in [0.3, 0.4) is 0 Å². The molecule has 32 heavy (non-hydrogen) atoms. The van der Waals surface area contributed by atoms with Crippen molar-refractivity contribution in [3.63, 3.8) is 0 Å². The number of halogens is 2. The average Bonchev–Trinajstić information content (AvgIpc) is 3.23. The molecule has 1 saturated heterocycles. The predicted molar refractivity (Wildman–Crippen MR) is 115 cm³/mol. The quantitative estimate of drug-likeness (QED) is 0.587. The molecule has 1 fully saturated rings. The zero-order valence-corrected chi connectivity index (χ0v) is 18.1. The van der Waals surface area contributed by atoms with Gasteiger partial charge >= 0.3 is 5.97 Å². The van der Waals surface area contributed by atoms with E-state index in [9.17, 15) is 14.0 Å². The molecule has 0 unspecified atom stereocenters. The van der Waals surface area contributed by atoms with E-state index in [-0.39, 0.29) is 18.4 Å². The van der Waals surface area contributed by atoms with Crippen molar-refractivity contribution < 1.29 is 18.7 Å². The standard InChI is InChI=1S/C22H21ClFN5O3/c1-13(30)32-11-19(31)29-8-5-14(6-9-29)21-20(18-4-7-25-12-26-18)22(28-27-21)16-3-2-15(23)10-17(16)24/h2-4,7,10,12,14H,5-6,8-9,11H2,1H3,(H,27,28). The molecule has 1 aromatic carbocycles. The summed E-state index contributed by atoms with van der Waals surface area (Å²) in [7, 11) is 0. The van der Waals surface area contributed by atoms with Crippen molar-refractivity contribution in [1.29, 1.82) is 0 Å². The van der Waals surface area contributed by atoms with Gasteiger partial charge in [-0.05, 0) is 37.1 Å². The van der Waals surface area contributed by atoms with Crippen molar-refractivity contribution in [2.75, 3.05) is 19.7 Å². The molecule has 8 nitrogen and oxygen atoms in total. The first-order valence-electron chi connectivity index (χ1n) is 10.1. The highest BCUT2D eigenvalue weighted by Crippen LogP contribution is 2.40. The normalized spacial score (nSPS) is 14.4. The molecular formula is C22H21ClFN5O3. The molecule has 1 aliphatic rings. The average molecular weight is 458 g/mol. The van der Waals surface area contributed by atoms with E-state index in [0.717, 1.165) is 5.69 Å². The van der Waals surface area contributed by atoms with Crippen LogP contribution in [0.25, 0.3) is 22.5 Å². The third-order valence-corrected chi connectivity index (χ3v) is 5.70. The number of likely N-dealkylation sites (tertiary alicyclic amines) is 1. The third kappa shape index (κ3) is 4.62. The molecule has 1 amide bonds. The van der Waals surface area contributed by atoms with Gasteiger partial charge < -0.3 is 9.64 Å². The molecule has 0 saturated carbocycles. The van der Waals surface area contributed by atoms with Gasteiger partial charge in [0.15, 0.2) is 6.61 Å². The topological polar surface area (TPSA) is 101 Å². The Labute approximate surface area is 188 Å². The number of hydrogen-bond donors (Lipinski definition) is 1. The fourth-order valence-electron chi connectivity index (χ4n) is 3.89. The van der Waals surface area contributed by atoms with Crippen LogP contribution in [0.5, 0.6) is 0 Å². The van der Waals surface area contributed by atoms with Gasteiger partial charge in [-0.1, -0.05) is 11.6 Å². The van der Waals surface area contributed by atoms with Crippen LogP contribution in [-0.4, -0.2) is 56.6 Å². The minimum atomic E-state index is -0.485. The number of amides is 1. The maximum atomic E-state index is 14.7. The van der Waals surface area contributed by atoms with Crippen LogP contribution in [0.15, 0.2) is 36.8 Å². The van der Waals surface area contributed by atoms with Crippen LogP contribution in [-0.2, 0) is 14.3 Å². The van der Waals surface area contributed by atoms with Crippen molar-refractivity contribution in [3.8, 4) is 22.5 Å². The number of H-pyrrole nitrogens is 1. The second kappa shape index (κ2) is 9.44. The van der Waals surface area contributed by atoms with Gasteiger partial charge in [-0.2, -0.15) is 5.10 Å². The monoisotopic (exact) mass is 457 g/mol. The third-order valence-electron chi connectivity index (χ3n) is 5.47. The number of piperidine rings is 1. The summed E-state index contributed by atoms with van der Waals surface area (Å²) in [4.78, 5) is 33.2. The van der Waals surface area contributed by atoms with E-state index in [0.29, 0.717) is 53.5 Å². The van der Waals surface area contributed by atoms with E-state index < -0.39 is 11.8 Å². The number of aromatic amines is 1. The largest absolute Gasteiger partial charge is 0.456 e. The lowest BCUT2D eigenvalue weighted by Crippen LogP contribution is -2.40. The van der Waals surface area contributed by atoms with Gasteiger partial charge in [0, 0.05) is 48.3 Å². The van der Waals surface area contributed by atoms with E-state index in [2.05, 4.69) is 20.2 Å². The lowest BCUT2D eigenvalue weighted by molar-refractivity contribution is -0.150. The fraction of sp³-hybridized carbons (Fsp3) is 0.318. The van der Waals surface area contributed by atoms with Crippen LogP contribution >= 0.6 is 11.6 Å². The maximum Gasteiger partial charge on any atom is 0.303 e. The Morgan fingerprint density at radius 1 is 1.28 bits per heavy atom. The van der Waals surface area contributed by atoms with Crippen molar-refractivity contribution >= 4 is 23.5 Å². The van der Waals surface area contributed by atoms with E-state index in [4.69, 9.17) is 16.3 Å². The van der Waals surface area contributed by atoms with Gasteiger partial charge in [-0.3, -0.25) is 14.7 Å². The Morgan fingerprint density at radius 2 is 2.06 bits per heavy atom. The maximum absolute atomic E-state index is 14.7. The Bertz CT molecular complexity index is 1130. The number of aromatic nitrogens is 4. The molecular weight excluding hydrogens is 437 g/mol. The Balaban J connectivity index is 1.62. The van der Waals surface area contributed by atoms with Gasteiger partial charge in [-0.15, -0.1) is 0 Å². The second-order valence-corrected chi connectivity index (χ2v) is 7.95. The highest BCUT2D eigenvalue weighted by atomic mass is 35.5. The van der Waals surface area contributed by atoms with Crippen LogP contribution in [0.1, 0.15) is 31.4 Å². The second-order valence-electron chi connectivity index (χ2n) is 7.51. The zero-order chi connectivity index (χ0) is 22.7. The van der Waals surface area contributed by atoms with Crippen LogP contribution in [0.4, 0.5) is 4.39 Å². The van der Waals surface area contributed by atoms with Gasteiger partial charge in [0.25, 0.3) is 5.91 Å². The van der Waals surface area contributed by atoms with Gasteiger partial charge in [0.2, 0.25) is 0 Å². The minimum absolute atomic E-state index is 0.0399. The van der Waals surface area contributed by atoms with Gasteiger partial charge in [0.1, 0.15) is 12.1 Å². The van der Waals surface area contributed by atoms with E-state index >= 15 is 0 Å². The smallest absolute Gasteiger partial charge is 0.303 e. The van der Waals surface area contributed by atoms with E-state index in [1.165, 1.54) is 19.3 Å². The molecule has 0 atom stereocenters. The Hall–Kier alpha value is -3.33. The van der Waals surface area contributed by atoms with Gasteiger partial charge in [-0.25, -0.2) is 14.4 Å². The number of esters is 1. The summed E-state index contributed by atoms with van der Waals surface area (Å²) in [6, 6.07) is 6.24. The summed E-state index contributed by atoms with van der Waals surface area (Å²) < 4.78 is 19.5. The number of nitrogens with zero attached hydrogens (tertiary/aromatic N) is 4. The number of rotatable bonds is 5. The molecule has 1 N–H and O–H groups in total. The van der Waals surface area contributed by atoms with E-state index in [1.54, 1.807) is 29.3 Å². The SMILES string of the molecule is CC(=O)OCC(=O)N1CCC(c2n[nH]c(-c3ccc(Cl)cc3F)c2-c2ccncn2)CC1. The van der Waals surface area contributed by atoms with E-state index in [1.807, 2.05) is 0 Å². The molecule has 0 spiro atoms. The molecule has 10 heteroatoms. The molecule has 0 radical (unpaired) electrons. The number of ether oxygens (including phenoxy) is 1. The lowest BCUT2D eigenvalue weighted by Gasteiger charge is -2.31. The lowest BCUT2D eigenvalue weighted by atomic mass is 9.88. The summed E-state index contributed by atoms with van der Waals surface area (Å²) >= 11 is 5.92. The highest BCUT2D eigenvalue weighted by molar-refractivity contribution is 6.30. The molecule has 1 aliphatic heterocycles. The van der Waals surface area contributed by atoms with Crippen molar-refractivity contribution in [1.82, 2.24) is 25.1 Å². The first kappa shape index (κ1) is 21.9. The number of nitrogens with one attached hydrogen (secondary N) is 1.